The van der Waals surface area contributed by atoms with Crippen LogP contribution in [-0.4, -0.2) is 15.5 Å². The Morgan fingerprint density at radius 3 is 2.88 bits per heavy atom. The van der Waals surface area contributed by atoms with E-state index in [0.29, 0.717) is 0 Å². The van der Waals surface area contributed by atoms with Crippen molar-refractivity contribution in [3.8, 4) is 0 Å². The number of aromatic nitrogens is 2. The molecule has 0 fully saturated rings. The lowest BCUT2D eigenvalue weighted by atomic mass is 10.3. The lowest BCUT2D eigenvalue weighted by Crippen LogP contribution is -2.08. The zero-order valence-corrected chi connectivity index (χ0v) is 16.0. The van der Waals surface area contributed by atoms with Gasteiger partial charge in [0.1, 0.15) is 0 Å². The molecule has 122 valence electrons. The summed E-state index contributed by atoms with van der Waals surface area (Å²) in [5.74, 6) is -0.160. The van der Waals surface area contributed by atoms with E-state index >= 15 is 0 Å². The number of amides is 1. The molecular weight excluding hydrogens is 406 g/mol. The Labute approximate surface area is 156 Å². The first-order valence-electron chi connectivity index (χ1n) is 7.10. The van der Waals surface area contributed by atoms with Gasteiger partial charge in [0.15, 0.2) is 5.16 Å². The van der Waals surface area contributed by atoms with Gasteiger partial charge in [0, 0.05) is 35.3 Å². The van der Waals surface area contributed by atoms with Crippen LogP contribution in [0.2, 0.25) is 0 Å². The van der Waals surface area contributed by atoms with Gasteiger partial charge in [-0.05, 0) is 58.0 Å². The van der Waals surface area contributed by atoms with Crippen LogP contribution in [0.5, 0.6) is 0 Å². The monoisotopic (exact) mass is 419 g/mol. The number of carbonyl (C=O) groups excluding carboxylic acids is 1. The van der Waals surface area contributed by atoms with Crippen LogP contribution < -0.4 is 5.32 Å². The number of nitrogens with zero attached hydrogens (tertiary/aromatic N) is 2. The number of thiophene rings is 1. The Hall–Kier alpha value is -1.83. The molecule has 0 radical (unpaired) electrons. The minimum absolute atomic E-state index is 0.160. The summed E-state index contributed by atoms with van der Waals surface area (Å²) in [7, 11) is 1.94. The highest BCUT2D eigenvalue weighted by Crippen LogP contribution is 2.32. The summed E-state index contributed by atoms with van der Waals surface area (Å²) >= 11 is 6.50. The molecule has 2 aromatic heterocycles. The van der Waals surface area contributed by atoms with Crippen LogP contribution >= 0.6 is 39.0 Å². The summed E-state index contributed by atoms with van der Waals surface area (Å²) in [4.78, 5) is 18.5. The lowest BCUT2D eigenvalue weighted by molar-refractivity contribution is -0.111. The molecule has 4 nitrogen and oxygen atoms in total. The number of hydrogen-bond donors (Lipinski definition) is 1. The minimum atomic E-state index is -0.160. The molecule has 0 saturated carbocycles. The predicted octanol–water partition coefficient (Wildman–Crippen LogP) is 5.05. The molecule has 1 amide bonds. The number of nitrogens with one attached hydrogen (secondary N) is 1. The van der Waals surface area contributed by atoms with E-state index in [2.05, 4.69) is 26.2 Å². The number of para-hydroxylation sites is 1. The Kier molecular flexibility index (Phi) is 5.55. The van der Waals surface area contributed by atoms with Crippen molar-refractivity contribution >= 4 is 56.7 Å². The Morgan fingerprint density at radius 1 is 1.33 bits per heavy atom. The molecule has 2 heterocycles. The van der Waals surface area contributed by atoms with E-state index in [0.717, 1.165) is 24.4 Å². The summed E-state index contributed by atoms with van der Waals surface area (Å²) in [5, 5.41) is 3.80. The standard InChI is InChI=1S/C17H14BrN3OS2/c1-21-11-10-19-17(21)24-14-5-3-2-4-13(14)20-16(22)9-7-12-6-8-15(18)23-12/h2-11H,1H3,(H,20,22). The quantitative estimate of drug-likeness (QED) is 0.588. The third-order valence-electron chi connectivity index (χ3n) is 3.12. The SMILES string of the molecule is Cn1ccnc1Sc1ccccc1NC(=O)C=Cc1ccc(Br)s1. The predicted molar refractivity (Wildman–Crippen MR) is 103 cm³/mol. The zero-order chi connectivity index (χ0) is 16.9. The molecule has 0 atom stereocenters. The fourth-order valence-corrected chi connectivity index (χ4v) is 4.17. The number of carbonyl (C=O) groups is 1. The van der Waals surface area contributed by atoms with Crippen LogP contribution in [0, 0.1) is 0 Å². The third-order valence-corrected chi connectivity index (χ3v) is 5.86. The summed E-state index contributed by atoms with van der Waals surface area (Å²) in [6.07, 6.45) is 7.00. The first-order valence-corrected chi connectivity index (χ1v) is 9.53. The highest BCUT2D eigenvalue weighted by atomic mass is 79.9. The Balaban J connectivity index is 1.72. The molecule has 0 aliphatic carbocycles. The van der Waals surface area contributed by atoms with Crippen molar-refractivity contribution < 1.29 is 4.79 Å². The summed E-state index contributed by atoms with van der Waals surface area (Å²) in [5.41, 5.74) is 0.771. The van der Waals surface area contributed by atoms with Gasteiger partial charge >= 0.3 is 0 Å². The molecule has 0 aliphatic heterocycles. The number of halogens is 1. The topological polar surface area (TPSA) is 46.9 Å². The van der Waals surface area contributed by atoms with Crippen LogP contribution in [0.1, 0.15) is 4.88 Å². The van der Waals surface area contributed by atoms with Crippen molar-refractivity contribution in [2.45, 2.75) is 10.1 Å². The fourth-order valence-electron chi connectivity index (χ4n) is 1.96. The first kappa shape index (κ1) is 17.0. The largest absolute Gasteiger partial charge is 0.329 e. The van der Waals surface area contributed by atoms with Gasteiger partial charge in [-0.1, -0.05) is 12.1 Å². The number of imidazole rings is 1. The fraction of sp³-hybridized carbons (Fsp3) is 0.0588. The number of hydrogen-bond acceptors (Lipinski definition) is 4. The van der Waals surface area contributed by atoms with Crippen LogP contribution in [0.3, 0.4) is 0 Å². The lowest BCUT2D eigenvalue weighted by Gasteiger charge is -2.09. The molecule has 0 spiro atoms. The zero-order valence-electron chi connectivity index (χ0n) is 12.8. The van der Waals surface area contributed by atoms with Gasteiger partial charge in [-0.15, -0.1) is 11.3 Å². The number of rotatable bonds is 5. The second kappa shape index (κ2) is 7.83. The first-order chi connectivity index (χ1) is 11.6. The molecule has 1 aromatic carbocycles. The maximum Gasteiger partial charge on any atom is 0.248 e. The van der Waals surface area contributed by atoms with Crippen molar-refractivity contribution in [3.05, 3.63) is 63.5 Å². The average Bonchev–Trinajstić information content (AvgIpc) is 3.16. The molecule has 0 bridgehead atoms. The van der Waals surface area contributed by atoms with Crippen LogP contribution in [-0.2, 0) is 11.8 Å². The van der Waals surface area contributed by atoms with Gasteiger partial charge < -0.3 is 9.88 Å². The van der Waals surface area contributed by atoms with Gasteiger partial charge in [0.2, 0.25) is 5.91 Å². The van der Waals surface area contributed by atoms with Crippen molar-refractivity contribution in [1.29, 1.82) is 0 Å². The molecule has 0 saturated heterocycles. The van der Waals surface area contributed by atoms with Gasteiger partial charge in [-0.2, -0.15) is 0 Å². The van der Waals surface area contributed by atoms with E-state index in [9.17, 15) is 4.79 Å². The molecule has 1 N–H and O–H groups in total. The molecule has 7 heteroatoms. The second-order valence-corrected chi connectivity index (χ2v) is 8.39. The normalized spacial score (nSPS) is 11.1. The van der Waals surface area contributed by atoms with Crippen LogP contribution in [0.25, 0.3) is 6.08 Å². The smallest absolute Gasteiger partial charge is 0.248 e. The molecule has 3 rings (SSSR count). The molecular formula is C17H14BrN3OS2. The van der Waals surface area contributed by atoms with Crippen molar-refractivity contribution in [1.82, 2.24) is 9.55 Å². The second-order valence-electron chi connectivity index (χ2n) is 4.88. The molecule has 0 unspecified atom stereocenters. The van der Waals surface area contributed by atoms with Crippen molar-refractivity contribution in [2.75, 3.05) is 5.32 Å². The van der Waals surface area contributed by atoms with Crippen LogP contribution in [0.4, 0.5) is 5.69 Å². The summed E-state index contributed by atoms with van der Waals surface area (Å²) in [6.45, 7) is 0. The van der Waals surface area contributed by atoms with E-state index in [1.54, 1.807) is 29.7 Å². The molecule has 3 aromatic rings. The summed E-state index contributed by atoms with van der Waals surface area (Å²) < 4.78 is 2.98. The van der Waals surface area contributed by atoms with E-state index in [1.165, 1.54) is 11.8 Å². The minimum Gasteiger partial charge on any atom is -0.329 e. The molecule has 0 aliphatic rings. The molecule has 24 heavy (non-hydrogen) atoms. The van der Waals surface area contributed by atoms with Crippen molar-refractivity contribution in [3.63, 3.8) is 0 Å². The van der Waals surface area contributed by atoms with E-state index in [-0.39, 0.29) is 5.91 Å². The number of aryl methyl sites for hydroxylation is 1. The Bertz CT molecular complexity index is 885. The third kappa shape index (κ3) is 4.37. The number of anilines is 1. The van der Waals surface area contributed by atoms with E-state index in [4.69, 9.17) is 0 Å². The summed E-state index contributed by atoms with van der Waals surface area (Å²) in [6, 6.07) is 11.6. The van der Waals surface area contributed by atoms with E-state index < -0.39 is 0 Å². The maximum absolute atomic E-state index is 12.2. The van der Waals surface area contributed by atoms with Gasteiger partial charge in [-0.3, -0.25) is 4.79 Å². The maximum atomic E-state index is 12.2. The highest BCUT2D eigenvalue weighted by Gasteiger charge is 2.08. The van der Waals surface area contributed by atoms with Crippen molar-refractivity contribution in [2.24, 2.45) is 7.05 Å². The van der Waals surface area contributed by atoms with Gasteiger partial charge in [-0.25, -0.2) is 4.98 Å². The Morgan fingerprint density at radius 2 is 2.17 bits per heavy atom. The van der Waals surface area contributed by atoms with Crippen LogP contribution in [0.15, 0.2) is 68.7 Å². The average molecular weight is 420 g/mol. The van der Waals surface area contributed by atoms with Gasteiger partial charge in [0.25, 0.3) is 0 Å². The van der Waals surface area contributed by atoms with Gasteiger partial charge in [0.05, 0.1) is 9.47 Å². The number of benzene rings is 1. The van der Waals surface area contributed by atoms with E-state index in [1.807, 2.05) is 54.2 Å². The highest BCUT2D eigenvalue weighted by molar-refractivity contribution is 9.11.